The van der Waals surface area contributed by atoms with Gasteiger partial charge in [0.15, 0.2) is 31.9 Å². The summed E-state index contributed by atoms with van der Waals surface area (Å²) in [5.41, 5.74) is -8.52. The quantitative estimate of drug-likeness (QED) is 0.154. The Morgan fingerprint density at radius 3 is 2.00 bits per heavy atom. The van der Waals surface area contributed by atoms with Crippen molar-refractivity contribution < 1.29 is 57.3 Å². The molecule has 2 rings (SSSR count). The Labute approximate surface area is 253 Å². The fourth-order valence-corrected chi connectivity index (χ4v) is 5.18. The van der Waals surface area contributed by atoms with Crippen molar-refractivity contribution in [2.75, 3.05) is 6.61 Å². The molecule has 0 fully saturated rings. The molecule has 0 radical (unpaired) electrons. The average molecular weight is 676 g/mol. The lowest BCUT2D eigenvalue weighted by atomic mass is 9.92. The minimum atomic E-state index is -6.72. The van der Waals surface area contributed by atoms with E-state index in [2.05, 4.69) is 53.8 Å². The van der Waals surface area contributed by atoms with Gasteiger partial charge in [-0.15, -0.1) is 0 Å². The van der Waals surface area contributed by atoms with E-state index in [1.807, 2.05) is 39.0 Å². The van der Waals surface area contributed by atoms with Gasteiger partial charge in [0.1, 0.15) is 6.54 Å². The third-order valence-electron chi connectivity index (χ3n) is 5.97. The van der Waals surface area contributed by atoms with Gasteiger partial charge < -0.3 is 14.2 Å². The average Bonchev–Trinajstić information content (AvgIpc) is 2.87. The molecule has 1 amide bonds. The Hall–Kier alpha value is -3.18. The predicted octanol–water partition coefficient (Wildman–Crippen LogP) is 6.60. The van der Waals surface area contributed by atoms with E-state index in [9.17, 15) is 48.0 Å². The fraction of sp³-hybridized carbons (Fsp3) is 0.481. The van der Waals surface area contributed by atoms with Crippen molar-refractivity contribution in [1.82, 2.24) is 5.32 Å². The Bertz CT molecular complexity index is 1450. The molecule has 0 aliphatic heterocycles. The minimum Gasteiger partial charge on any atom is -0.450 e. The van der Waals surface area contributed by atoms with Gasteiger partial charge in [-0.05, 0) is 57.2 Å². The number of halogens is 6. The molecule has 0 unspecified atom stereocenters. The number of aryl methyl sites for hydroxylation is 2. The summed E-state index contributed by atoms with van der Waals surface area (Å²) in [7, 11) is -13.4. The number of alkyl carbamates (subject to hydrolysis) is 1. The summed E-state index contributed by atoms with van der Waals surface area (Å²) in [5.74, 6) is 0. The van der Waals surface area contributed by atoms with Gasteiger partial charge in [-0.2, -0.15) is 26.3 Å². The Kier molecular flexibility index (Phi) is 13.9. The van der Waals surface area contributed by atoms with Crippen LogP contribution in [-0.2, 0) is 36.9 Å². The molecule has 1 aromatic carbocycles. The topological polar surface area (TPSA) is 125 Å². The first-order valence-corrected chi connectivity index (χ1v) is 15.9. The van der Waals surface area contributed by atoms with Gasteiger partial charge >= 0.3 is 17.1 Å². The highest BCUT2D eigenvalue weighted by Crippen LogP contribution is 2.36. The van der Waals surface area contributed by atoms with Gasteiger partial charge in [-0.3, -0.25) is 0 Å². The number of nitrogens with zero attached hydrogens (tertiary/aromatic N) is 2. The Morgan fingerprint density at radius 2 is 1.48 bits per heavy atom. The molecule has 0 aliphatic carbocycles. The van der Waals surface area contributed by atoms with E-state index < -0.39 is 36.6 Å². The second-order valence-corrected chi connectivity index (χ2v) is 13.5. The molecule has 1 N–H and O–H groups in total. The second-order valence-electron chi connectivity index (χ2n) is 10.1. The number of unbranched alkanes of at least 4 members (excludes halogenated alkanes) is 3. The SMILES string of the molecule is C=C(C)c1cccc(C(C)(C)NC(=O)OCCCCCC[n+]2ccccc2C)c1.O=S(=O)([N-]S(=O)(=O)C(F)(F)F)C(F)(F)F. The van der Waals surface area contributed by atoms with Crippen LogP contribution in [0, 0.1) is 6.92 Å². The first-order chi connectivity index (χ1) is 20.0. The number of carbonyl (C=O) groups excluding carboxylic acids is 1. The maximum absolute atomic E-state index is 12.2. The van der Waals surface area contributed by atoms with E-state index in [0.29, 0.717) is 6.61 Å². The molecule has 9 nitrogen and oxygen atoms in total. The lowest BCUT2D eigenvalue weighted by Gasteiger charge is -2.27. The molecule has 17 heteroatoms. The zero-order chi connectivity index (χ0) is 34.0. The van der Waals surface area contributed by atoms with Gasteiger partial charge in [0.25, 0.3) is 0 Å². The van der Waals surface area contributed by atoms with Crippen molar-refractivity contribution in [3.05, 3.63) is 76.2 Å². The van der Waals surface area contributed by atoms with Gasteiger partial charge in [0, 0.05) is 25.5 Å². The normalized spacial score (nSPS) is 12.6. The van der Waals surface area contributed by atoms with Gasteiger partial charge in [-0.25, -0.2) is 26.2 Å². The van der Waals surface area contributed by atoms with E-state index in [-0.39, 0.29) is 6.09 Å². The van der Waals surface area contributed by atoms with Crippen LogP contribution in [0.4, 0.5) is 31.1 Å². The fourth-order valence-electron chi connectivity index (χ4n) is 3.47. The number of carbonyl (C=O) groups is 1. The number of ether oxygens (including phenoxy) is 1. The molecule has 1 heterocycles. The number of nitrogens with one attached hydrogen (secondary N) is 1. The highest BCUT2D eigenvalue weighted by Gasteiger charge is 2.47. The number of benzene rings is 1. The van der Waals surface area contributed by atoms with Crippen LogP contribution < -0.4 is 9.88 Å². The largest absolute Gasteiger partial charge is 0.480 e. The highest BCUT2D eigenvalue weighted by atomic mass is 32.3. The van der Waals surface area contributed by atoms with Crippen LogP contribution in [0.5, 0.6) is 0 Å². The first-order valence-electron chi connectivity index (χ1n) is 13.0. The van der Waals surface area contributed by atoms with E-state index in [4.69, 9.17) is 4.74 Å². The molecule has 248 valence electrons. The van der Waals surface area contributed by atoms with Crippen LogP contribution in [0.2, 0.25) is 0 Å². The van der Waals surface area contributed by atoms with Crippen LogP contribution >= 0.6 is 0 Å². The lowest BCUT2D eigenvalue weighted by molar-refractivity contribution is -0.703. The number of pyridine rings is 1. The Balaban J connectivity index is 0.000000546. The van der Waals surface area contributed by atoms with Crippen LogP contribution in [0.15, 0.2) is 55.2 Å². The number of aromatic nitrogens is 1. The van der Waals surface area contributed by atoms with Crippen molar-refractivity contribution in [2.45, 2.75) is 76.5 Å². The summed E-state index contributed by atoms with van der Waals surface area (Å²) in [6.07, 6.45) is 5.96. The van der Waals surface area contributed by atoms with Gasteiger partial charge in [-0.1, -0.05) is 36.4 Å². The summed E-state index contributed by atoms with van der Waals surface area (Å²) >= 11 is 0. The first kappa shape index (κ1) is 38.8. The molecule has 0 atom stereocenters. The van der Waals surface area contributed by atoms with Crippen molar-refractivity contribution in [2.24, 2.45) is 0 Å². The summed E-state index contributed by atoms with van der Waals surface area (Å²) in [6.45, 7) is 13.5. The van der Waals surface area contributed by atoms with Gasteiger partial charge in [0.2, 0.25) is 0 Å². The zero-order valence-corrected chi connectivity index (χ0v) is 26.1. The van der Waals surface area contributed by atoms with E-state index in [1.54, 1.807) is 0 Å². The molecule has 0 saturated heterocycles. The zero-order valence-electron chi connectivity index (χ0n) is 24.5. The maximum atomic E-state index is 12.2. The molecule has 0 aliphatic rings. The van der Waals surface area contributed by atoms with Crippen LogP contribution in [-0.4, -0.2) is 40.6 Å². The van der Waals surface area contributed by atoms with Crippen LogP contribution in [0.25, 0.3) is 9.70 Å². The number of amides is 1. The van der Waals surface area contributed by atoms with Crippen LogP contribution in [0.3, 0.4) is 0 Å². The molecule has 0 saturated carbocycles. The van der Waals surface area contributed by atoms with Crippen molar-refractivity contribution in [3.8, 4) is 0 Å². The molecule has 0 bridgehead atoms. The number of hydrogen-bond donors (Lipinski definition) is 1. The third-order valence-corrected chi connectivity index (χ3v) is 8.71. The van der Waals surface area contributed by atoms with Crippen molar-refractivity contribution in [1.29, 1.82) is 0 Å². The molecule has 0 spiro atoms. The van der Waals surface area contributed by atoms with Crippen molar-refractivity contribution >= 4 is 31.7 Å². The van der Waals surface area contributed by atoms with E-state index in [0.717, 1.165) is 53.1 Å². The standard InChI is InChI=1S/C25H34N2O2.C2F6NO4S2/c1-20(2)22-14-12-15-23(19-22)25(4,5)26-24(28)29-18-11-7-6-9-16-27-17-10-8-13-21(27)3;3-1(4,5)14(10,11)9-15(12,13)2(6,7)8/h8,10,12-15,17,19H,1,6-7,9,11,16,18H2,2-5H3;/q;-1/p+1. The number of hydrogen-bond acceptors (Lipinski definition) is 6. The van der Waals surface area contributed by atoms with Crippen LogP contribution in [0.1, 0.15) is 63.3 Å². The summed E-state index contributed by atoms with van der Waals surface area (Å²) in [6, 6.07) is 14.3. The third kappa shape index (κ3) is 12.4. The number of rotatable bonds is 12. The smallest absolute Gasteiger partial charge is 0.450 e. The Morgan fingerprint density at radius 1 is 0.909 bits per heavy atom. The molecule has 1 aromatic heterocycles. The van der Waals surface area contributed by atoms with Gasteiger partial charge in [0.05, 0.1) is 12.1 Å². The summed E-state index contributed by atoms with van der Waals surface area (Å²) < 4.78 is 117. The summed E-state index contributed by atoms with van der Waals surface area (Å²) in [4.78, 5) is 12.2. The van der Waals surface area contributed by atoms with E-state index in [1.165, 1.54) is 5.69 Å². The highest BCUT2D eigenvalue weighted by molar-refractivity contribution is 8.13. The second kappa shape index (κ2) is 15.7. The molecular weight excluding hydrogens is 640 g/mol. The summed E-state index contributed by atoms with van der Waals surface area (Å²) in [5, 5.41) is 2.97. The van der Waals surface area contributed by atoms with Crippen molar-refractivity contribution in [3.63, 3.8) is 0 Å². The minimum absolute atomic E-state index is 0.369. The van der Waals surface area contributed by atoms with E-state index >= 15 is 0 Å². The number of alkyl halides is 6. The predicted molar refractivity (Wildman–Crippen MR) is 152 cm³/mol. The molecular formula is C27H35F6N3O6S2. The number of sulfonamides is 2. The molecule has 44 heavy (non-hydrogen) atoms. The lowest BCUT2D eigenvalue weighted by Crippen LogP contribution is -2.41. The monoisotopic (exact) mass is 675 g/mol. The number of allylic oxidation sites excluding steroid dienone is 1. The maximum Gasteiger partial charge on any atom is 0.480 e. The molecule has 2 aromatic rings.